The molecule has 2 aliphatic heterocycles. The van der Waals surface area contributed by atoms with Crippen LogP contribution in [-0.2, 0) is 0 Å². The highest BCUT2D eigenvalue weighted by atomic mass is 32.1. The average molecular weight is 787 g/mol. The third kappa shape index (κ3) is 5.84. The van der Waals surface area contributed by atoms with E-state index in [9.17, 15) is 0 Å². The lowest BCUT2D eigenvalue weighted by Gasteiger charge is -2.07. The molecule has 0 unspecified atom stereocenters. The number of H-pyrrole nitrogens is 2. The minimum Gasteiger partial charge on any atom is -0.497 e. The van der Waals surface area contributed by atoms with Gasteiger partial charge in [-0.2, -0.15) is 0 Å². The molecular formula is C50H34N4O2S2. The molecule has 0 spiro atoms. The lowest BCUT2D eigenvalue weighted by Crippen LogP contribution is -1.90. The van der Waals surface area contributed by atoms with Gasteiger partial charge in [-0.3, -0.25) is 0 Å². The number of thiophene rings is 2. The van der Waals surface area contributed by atoms with Gasteiger partial charge in [0.15, 0.2) is 0 Å². The summed E-state index contributed by atoms with van der Waals surface area (Å²) in [6.07, 6.45) is 8.55. The van der Waals surface area contributed by atoms with Crippen LogP contribution in [0.3, 0.4) is 0 Å². The molecule has 9 aromatic rings. The van der Waals surface area contributed by atoms with E-state index >= 15 is 0 Å². The predicted octanol–water partition coefficient (Wildman–Crippen LogP) is 13.8. The number of nitrogens with one attached hydrogen (secondary N) is 2. The summed E-state index contributed by atoms with van der Waals surface area (Å²) in [7, 11) is 3.41. The van der Waals surface area contributed by atoms with Crippen molar-refractivity contribution in [2.75, 3.05) is 14.2 Å². The normalized spacial score (nSPS) is 12.2. The Morgan fingerprint density at radius 1 is 0.414 bits per heavy atom. The fourth-order valence-corrected chi connectivity index (χ4v) is 10.4. The third-order valence-electron chi connectivity index (χ3n) is 10.8. The van der Waals surface area contributed by atoms with Gasteiger partial charge in [0, 0.05) is 63.5 Å². The van der Waals surface area contributed by atoms with E-state index in [-0.39, 0.29) is 0 Å². The summed E-state index contributed by atoms with van der Waals surface area (Å²) in [5.74, 6) is 1.56. The maximum atomic E-state index is 5.73. The maximum Gasteiger partial charge on any atom is 0.119 e. The van der Waals surface area contributed by atoms with E-state index in [1.165, 1.54) is 20.2 Å². The van der Waals surface area contributed by atoms with Gasteiger partial charge in [-0.05, 0) is 119 Å². The van der Waals surface area contributed by atoms with E-state index in [2.05, 4.69) is 143 Å². The van der Waals surface area contributed by atoms with E-state index in [1.54, 1.807) is 36.9 Å². The molecule has 11 rings (SSSR count). The van der Waals surface area contributed by atoms with Gasteiger partial charge in [0.2, 0.25) is 0 Å². The summed E-state index contributed by atoms with van der Waals surface area (Å²) >= 11 is 3.55. The average Bonchev–Trinajstić information content (AvgIpc) is 4.12. The zero-order valence-corrected chi connectivity index (χ0v) is 33.2. The standard InChI is InChI=1S/C50H34N4O2S2/c1-55-33-13-7-11-31(25-33)47-35-17-21-39(51-35)49(45-27-29-9-3-5-15-43(29)57-45)41-23-19-37(53-41)48(32-12-8-14-34(26-32)56-2)38-20-24-42(54-38)50(40-22-18-36(47)52-40)46-28-30-10-4-6-16-44(30)58-46/h3-28,51,54H,1-2H3. The van der Waals surface area contributed by atoms with E-state index in [1.807, 2.05) is 24.3 Å². The van der Waals surface area contributed by atoms with E-state index < -0.39 is 0 Å². The number of methoxy groups -OCH3 is 2. The van der Waals surface area contributed by atoms with Gasteiger partial charge < -0.3 is 19.4 Å². The van der Waals surface area contributed by atoms with Gasteiger partial charge in [0.1, 0.15) is 11.5 Å². The zero-order valence-electron chi connectivity index (χ0n) is 31.5. The number of nitrogens with zero attached hydrogens (tertiary/aromatic N) is 2. The first kappa shape index (κ1) is 34.3. The molecule has 0 aliphatic carbocycles. The molecule has 0 radical (unpaired) electrons. The second-order valence-electron chi connectivity index (χ2n) is 14.3. The smallest absolute Gasteiger partial charge is 0.119 e. The van der Waals surface area contributed by atoms with Crippen molar-refractivity contribution in [2.24, 2.45) is 0 Å². The Hall–Kier alpha value is -7.00. The molecule has 58 heavy (non-hydrogen) atoms. The van der Waals surface area contributed by atoms with Crippen LogP contribution in [0.5, 0.6) is 11.5 Å². The summed E-state index contributed by atoms with van der Waals surface area (Å²) in [4.78, 5) is 21.0. The lowest BCUT2D eigenvalue weighted by atomic mass is 10.0. The van der Waals surface area contributed by atoms with Crippen LogP contribution in [0, 0.1) is 0 Å². The van der Waals surface area contributed by atoms with Crippen molar-refractivity contribution in [1.29, 1.82) is 0 Å². The Morgan fingerprint density at radius 3 is 1.22 bits per heavy atom. The Bertz CT molecular complexity index is 3050. The first-order valence-electron chi connectivity index (χ1n) is 19.0. The van der Waals surface area contributed by atoms with Crippen molar-refractivity contribution >= 4 is 89.2 Å². The molecule has 0 saturated carbocycles. The quantitative estimate of drug-likeness (QED) is 0.176. The maximum absolute atomic E-state index is 5.73. The Morgan fingerprint density at radius 2 is 0.810 bits per heavy atom. The Kier molecular flexibility index (Phi) is 8.20. The predicted molar refractivity (Wildman–Crippen MR) is 244 cm³/mol. The molecule has 0 saturated heterocycles. The summed E-state index contributed by atoms with van der Waals surface area (Å²) in [5, 5.41) is 2.40. The van der Waals surface area contributed by atoms with E-state index in [4.69, 9.17) is 19.4 Å². The van der Waals surface area contributed by atoms with Gasteiger partial charge in [0.05, 0.1) is 37.0 Å². The third-order valence-corrected chi connectivity index (χ3v) is 13.1. The van der Waals surface area contributed by atoms with Gasteiger partial charge in [-0.15, -0.1) is 22.7 Å². The molecule has 5 aromatic heterocycles. The molecule has 7 heterocycles. The Labute approximate surface area is 342 Å². The van der Waals surface area contributed by atoms with Crippen molar-refractivity contribution in [3.63, 3.8) is 0 Å². The van der Waals surface area contributed by atoms with Crippen LogP contribution < -0.4 is 9.47 Å². The number of hydrogen-bond acceptors (Lipinski definition) is 6. The van der Waals surface area contributed by atoms with Crippen LogP contribution in [0.25, 0.3) is 110 Å². The summed E-state index contributed by atoms with van der Waals surface area (Å²) in [5.41, 5.74) is 13.3. The minimum atomic E-state index is 0.779. The number of rotatable bonds is 6. The molecule has 0 amide bonds. The molecule has 6 nitrogen and oxygen atoms in total. The van der Waals surface area contributed by atoms with Crippen molar-refractivity contribution in [1.82, 2.24) is 19.9 Å². The van der Waals surface area contributed by atoms with Crippen LogP contribution in [0.1, 0.15) is 22.8 Å². The number of hydrogen-bond donors (Lipinski definition) is 2. The van der Waals surface area contributed by atoms with Crippen LogP contribution >= 0.6 is 22.7 Å². The molecule has 0 atom stereocenters. The first-order chi connectivity index (χ1) is 28.6. The zero-order chi connectivity index (χ0) is 38.7. The summed E-state index contributed by atoms with van der Waals surface area (Å²) in [6, 6.07) is 46.7. The van der Waals surface area contributed by atoms with Gasteiger partial charge in [-0.1, -0.05) is 60.7 Å². The van der Waals surface area contributed by atoms with Crippen molar-refractivity contribution in [3.05, 3.63) is 156 Å². The number of benzene rings is 4. The molecular weight excluding hydrogens is 753 g/mol. The highest BCUT2D eigenvalue weighted by molar-refractivity contribution is 7.22. The van der Waals surface area contributed by atoms with Crippen molar-refractivity contribution in [2.45, 2.75) is 0 Å². The van der Waals surface area contributed by atoms with Crippen LogP contribution in [0.15, 0.2) is 133 Å². The number of ether oxygens (including phenoxy) is 2. The molecule has 8 bridgehead atoms. The number of aromatic nitrogens is 4. The lowest BCUT2D eigenvalue weighted by molar-refractivity contribution is 0.415. The highest BCUT2D eigenvalue weighted by Gasteiger charge is 2.21. The van der Waals surface area contributed by atoms with Crippen molar-refractivity contribution < 1.29 is 9.47 Å². The van der Waals surface area contributed by atoms with Crippen LogP contribution in [-0.4, -0.2) is 34.2 Å². The topological polar surface area (TPSA) is 75.8 Å². The van der Waals surface area contributed by atoms with Gasteiger partial charge >= 0.3 is 0 Å². The monoisotopic (exact) mass is 786 g/mol. The van der Waals surface area contributed by atoms with Gasteiger partial charge in [0.25, 0.3) is 0 Å². The fraction of sp³-hybridized carbons (Fsp3) is 0.0400. The fourth-order valence-electron chi connectivity index (χ4n) is 8.10. The first-order valence-corrected chi connectivity index (χ1v) is 20.7. The summed E-state index contributed by atoms with van der Waals surface area (Å²) in [6.45, 7) is 0. The second kappa shape index (κ2) is 13.9. The number of fused-ring (bicyclic) bond motifs is 10. The largest absolute Gasteiger partial charge is 0.497 e. The molecule has 4 aromatic carbocycles. The van der Waals surface area contributed by atoms with Gasteiger partial charge in [-0.25, -0.2) is 9.97 Å². The molecule has 0 fully saturated rings. The van der Waals surface area contributed by atoms with Crippen LogP contribution in [0.4, 0.5) is 0 Å². The highest BCUT2D eigenvalue weighted by Crippen LogP contribution is 2.43. The molecule has 2 N–H and O–H groups in total. The number of aromatic amines is 2. The molecule has 2 aliphatic rings. The molecule has 8 heteroatoms. The van der Waals surface area contributed by atoms with Crippen LogP contribution in [0.2, 0.25) is 0 Å². The molecule has 278 valence electrons. The second-order valence-corrected chi connectivity index (χ2v) is 16.4. The van der Waals surface area contributed by atoms with E-state index in [0.717, 1.165) is 99.5 Å². The summed E-state index contributed by atoms with van der Waals surface area (Å²) < 4.78 is 13.9. The van der Waals surface area contributed by atoms with E-state index in [0.29, 0.717) is 0 Å². The SMILES string of the molecule is COc1cccc(-c2c3nc(c(-c4cc5ccccc5s4)c4ccc([nH]4)c(-c4cccc(OC)c4)c4nc(c(-c5cc6ccccc6s5)c5ccc2[nH]5)C=C4)C=C3)c1. The van der Waals surface area contributed by atoms with Crippen molar-refractivity contribution in [3.8, 4) is 54.6 Å². The minimum absolute atomic E-state index is 0.779. The Balaban J connectivity index is 1.31.